The Bertz CT molecular complexity index is 640. The van der Waals surface area contributed by atoms with Crippen LogP contribution in [0.3, 0.4) is 0 Å². The van der Waals surface area contributed by atoms with Crippen molar-refractivity contribution in [2.45, 2.75) is 12.9 Å². The summed E-state index contributed by atoms with van der Waals surface area (Å²) in [7, 11) is 0. The van der Waals surface area contributed by atoms with Crippen LogP contribution < -0.4 is 10.1 Å². The molecule has 0 unspecified atom stereocenters. The highest BCUT2D eigenvalue weighted by molar-refractivity contribution is 7.12. The molecule has 0 bridgehead atoms. The van der Waals surface area contributed by atoms with E-state index in [1.807, 2.05) is 0 Å². The fraction of sp³-hybridized carbons (Fsp3) is 0.154. The zero-order chi connectivity index (χ0) is 15.5. The maximum Gasteiger partial charge on any atom is 0.573 e. The van der Waals surface area contributed by atoms with Crippen LogP contribution in [0.4, 0.5) is 18.9 Å². The second kappa shape index (κ2) is 6.04. The predicted molar refractivity (Wildman–Crippen MR) is 71.7 cm³/mol. The van der Waals surface area contributed by atoms with Crippen molar-refractivity contribution >= 4 is 23.0 Å². The van der Waals surface area contributed by atoms with E-state index in [-0.39, 0.29) is 22.9 Å². The lowest BCUT2D eigenvalue weighted by Gasteiger charge is -2.14. The first-order chi connectivity index (χ1) is 9.87. The first-order valence-electron chi connectivity index (χ1n) is 5.75. The van der Waals surface area contributed by atoms with Gasteiger partial charge in [-0.1, -0.05) is 12.1 Å². The number of anilines is 1. The number of rotatable bonds is 5. The molecular formula is C13H10F3NO3S. The predicted octanol–water partition coefficient (Wildman–Crippen LogP) is 3.96. The van der Waals surface area contributed by atoms with Gasteiger partial charge >= 0.3 is 12.3 Å². The van der Waals surface area contributed by atoms with Gasteiger partial charge in [0.25, 0.3) is 0 Å². The molecular weight excluding hydrogens is 307 g/mol. The molecule has 1 aromatic heterocycles. The Morgan fingerprint density at radius 3 is 2.67 bits per heavy atom. The van der Waals surface area contributed by atoms with Crippen LogP contribution in [-0.2, 0) is 6.54 Å². The van der Waals surface area contributed by atoms with Gasteiger partial charge in [0.05, 0.1) is 5.69 Å². The fourth-order valence-corrected chi connectivity index (χ4v) is 2.44. The number of thiophene rings is 1. The van der Waals surface area contributed by atoms with Crippen LogP contribution in [-0.4, -0.2) is 17.4 Å². The summed E-state index contributed by atoms with van der Waals surface area (Å²) in [6.07, 6.45) is -4.79. The highest BCUT2D eigenvalue weighted by Crippen LogP contribution is 2.30. The smallest absolute Gasteiger partial charge is 0.477 e. The molecule has 0 aliphatic rings. The number of para-hydroxylation sites is 2. The van der Waals surface area contributed by atoms with Crippen molar-refractivity contribution in [1.82, 2.24) is 0 Å². The minimum absolute atomic E-state index is 0.0867. The van der Waals surface area contributed by atoms with Gasteiger partial charge < -0.3 is 15.2 Å². The van der Waals surface area contributed by atoms with Crippen molar-refractivity contribution < 1.29 is 27.8 Å². The molecule has 0 amide bonds. The summed E-state index contributed by atoms with van der Waals surface area (Å²) in [6.45, 7) is 0.0867. The van der Waals surface area contributed by atoms with Crippen LogP contribution in [0.5, 0.6) is 5.75 Å². The van der Waals surface area contributed by atoms with Crippen LogP contribution in [0.15, 0.2) is 35.7 Å². The average Bonchev–Trinajstić information content (AvgIpc) is 2.84. The van der Waals surface area contributed by atoms with E-state index in [9.17, 15) is 18.0 Å². The number of halogens is 3. The quantitative estimate of drug-likeness (QED) is 0.876. The highest BCUT2D eigenvalue weighted by Gasteiger charge is 2.32. The topological polar surface area (TPSA) is 58.6 Å². The Balaban J connectivity index is 2.13. The van der Waals surface area contributed by atoms with Crippen molar-refractivity contribution in [1.29, 1.82) is 0 Å². The van der Waals surface area contributed by atoms with E-state index in [1.165, 1.54) is 18.2 Å². The Kier molecular flexibility index (Phi) is 4.37. The third-order valence-electron chi connectivity index (χ3n) is 2.52. The standard InChI is InChI=1S/C13H10F3NO3S/c14-13(15,16)20-10-4-2-1-3-9(10)17-7-8-5-6-21-11(8)12(18)19/h1-6,17H,7H2,(H,18,19). The molecule has 4 nitrogen and oxygen atoms in total. The normalized spacial score (nSPS) is 11.2. The molecule has 1 aromatic carbocycles. The second-order valence-corrected chi connectivity index (χ2v) is 4.89. The molecule has 112 valence electrons. The molecule has 2 N–H and O–H groups in total. The van der Waals surface area contributed by atoms with E-state index in [4.69, 9.17) is 5.11 Å². The summed E-state index contributed by atoms with van der Waals surface area (Å²) in [5, 5.41) is 13.3. The van der Waals surface area contributed by atoms with Gasteiger partial charge in [0, 0.05) is 6.54 Å². The van der Waals surface area contributed by atoms with E-state index >= 15 is 0 Å². The Hall–Kier alpha value is -2.22. The number of alkyl halides is 3. The van der Waals surface area contributed by atoms with Crippen LogP contribution in [0.25, 0.3) is 0 Å². The Labute approximate surface area is 121 Å². The number of ether oxygens (including phenoxy) is 1. The molecule has 2 aromatic rings. The van der Waals surface area contributed by atoms with Crippen LogP contribution in [0.2, 0.25) is 0 Å². The van der Waals surface area contributed by atoms with Gasteiger partial charge in [-0.25, -0.2) is 4.79 Å². The number of hydrogen-bond acceptors (Lipinski definition) is 4. The third kappa shape index (κ3) is 4.12. The lowest BCUT2D eigenvalue weighted by atomic mass is 10.2. The zero-order valence-corrected chi connectivity index (χ0v) is 11.3. The summed E-state index contributed by atoms with van der Waals surface area (Å²) in [5.41, 5.74) is 0.631. The number of carboxylic acid groups (broad SMARTS) is 1. The van der Waals surface area contributed by atoms with E-state index in [1.54, 1.807) is 17.5 Å². The molecule has 0 aliphatic carbocycles. The van der Waals surface area contributed by atoms with E-state index in [0.717, 1.165) is 11.3 Å². The summed E-state index contributed by atoms with van der Waals surface area (Å²) in [5.74, 6) is -1.43. The lowest BCUT2D eigenvalue weighted by Crippen LogP contribution is -2.18. The summed E-state index contributed by atoms with van der Waals surface area (Å²) >= 11 is 1.06. The first-order valence-corrected chi connectivity index (χ1v) is 6.63. The van der Waals surface area contributed by atoms with Crippen LogP contribution >= 0.6 is 11.3 Å². The summed E-state index contributed by atoms with van der Waals surface area (Å²) < 4.78 is 40.7. The summed E-state index contributed by atoms with van der Waals surface area (Å²) in [4.78, 5) is 11.1. The van der Waals surface area contributed by atoms with Crippen molar-refractivity contribution in [2.75, 3.05) is 5.32 Å². The first kappa shape index (κ1) is 15.2. The molecule has 0 spiro atoms. The highest BCUT2D eigenvalue weighted by atomic mass is 32.1. The van der Waals surface area contributed by atoms with Crippen molar-refractivity contribution in [3.05, 3.63) is 46.2 Å². The minimum Gasteiger partial charge on any atom is -0.477 e. The molecule has 21 heavy (non-hydrogen) atoms. The molecule has 0 atom stereocenters. The molecule has 0 saturated carbocycles. The van der Waals surface area contributed by atoms with E-state index in [0.29, 0.717) is 5.56 Å². The van der Waals surface area contributed by atoms with Gasteiger partial charge in [0.15, 0.2) is 5.75 Å². The Morgan fingerprint density at radius 1 is 1.29 bits per heavy atom. The molecule has 0 saturated heterocycles. The molecule has 8 heteroatoms. The lowest BCUT2D eigenvalue weighted by molar-refractivity contribution is -0.274. The number of hydrogen-bond donors (Lipinski definition) is 2. The van der Waals surface area contributed by atoms with Gasteiger partial charge in [-0.15, -0.1) is 24.5 Å². The number of aromatic carboxylic acids is 1. The largest absolute Gasteiger partial charge is 0.573 e. The molecule has 0 aliphatic heterocycles. The van der Waals surface area contributed by atoms with Gasteiger partial charge in [-0.3, -0.25) is 0 Å². The van der Waals surface area contributed by atoms with Crippen molar-refractivity contribution in [3.8, 4) is 5.75 Å². The zero-order valence-electron chi connectivity index (χ0n) is 10.5. The maximum absolute atomic E-state index is 12.3. The van der Waals surface area contributed by atoms with Gasteiger partial charge in [0.2, 0.25) is 0 Å². The number of carboxylic acids is 1. The Morgan fingerprint density at radius 2 is 2.00 bits per heavy atom. The molecule has 1 heterocycles. The number of benzene rings is 1. The van der Waals surface area contributed by atoms with Crippen molar-refractivity contribution in [2.24, 2.45) is 0 Å². The van der Waals surface area contributed by atoms with Gasteiger partial charge in [-0.05, 0) is 29.1 Å². The molecule has 2 rings (SSSR count). The second-order valence-electron chi connectivity index (χ2n) is 3.98. The van der Waals surface area contributed by atoms with E-state index in [2.05, 4.69) is 10.1 Å². The van der Waals surface area contributed by atoms with Gasteiger partial charge in [0.1, 0.15) is 4.88 Å². The van der Waals surface area contributed by atoms with Gasteiger partial charge in [-0.2, -0.15) is 0 Å². The van der Waals surface area contributed by atoms with Crippen LogP contribution in [0, 0.1) is 0 Å². The monoisotopic (exact) mass is 317 g/mol. The maximum atomic E-state index is 12.3. The molecule has 0 fully saturated rings. The SMILES string of the molecule is O=C(O)c1sccc1CNc1ccccc1OC(F)(F)F. The summed E-state index contributed by atoms with van der Waals surface area (Å²) in [6, 6.07) is 7.18. The number of carbonyl (C=O) groups is 1. The average molecular weight is 317 g/mol. The number of nitrogens with one attached hydrogen (secondary N) is 1. The van der Waals surface area contributed by atoms with Crippen LogP contribution in [0.1, 0.15) is 15.2 Å². The molecule has 0 radical (unpaired) electrons. The van der Waals surface area contributed by atoms with Crippen molar-refractivity contribution in [3.63, 3.8) is 0 Å². The minimum atomic E-state index is -4.79. The van der Waals surface area contributed by atoms with E-state index < -0.39 is 12.3 Å². The fourth-order valence-electron chi connectivity index (χ4n) is 1.68. The third-order valence-corrected chi connectivity index (χ3v) is 3.47.